The standard InChI is InChI=1S/C39H45ClN2O7/c1-39(23-26-12-17-32(45-2)33(20-26)46-3)25-41(36(27-10-8-7-9-11-27)28-13-15-30(40)16-14-28)18-19-42(39)24-31(43)37(44)29-21-34(47-4)38(49-6)35(22-29)48-5/h7-17,20-22,31,36,43H,18-19,23-25H2,1-6H3. The molecule has 4 aromatic rings. The molecule has 1 fully saturated rings. The van der Waals surface area contributed by atoms with Crippen LogP contribution in [0.25, 0.3) is 0 Å². The Kier molecular flexibility index (Phi) is 11.7. The number of aliphatic hydroxyl groups excluding tert-OH is 1. The van der Waals surface area contributed by atoms with Crippen LogP contribution in [0.5, 0.6) is 28.7 Å². The minimum Gasteiger partial charge on any atom is -0.493 e. The van der Waals surface area contributed by atoms with Gasteiger partial charge in [0.05, 0.1) is 41.6 Å². The highest BCUT2D eigenvalue weighted by molar-refractivity contribution is 6.30. The summed E-state index contributed by atoms with van der Waals surface area (Å²) in [4.78, 5) is 18.5. The number of ether oxygens (including phenoxy) is 5. The van der Waals surface area contributed by atoms with E-state index < -0.39 is 17.4 Å². The molecule has 10 heteroatoms. The van der Waals surface area contributed by atoms with Crippen LogP contribution in [-0.4, -0.2) is 94.1 Å². The van der Waals surface area contributed by atoms with E-state index >= 15 is 0 Å². The first-order chi connectivity index (χ1) is 23.6. The Morgan fingerprint density at radius 1 is 0.776 bits per heavy atom. The molecule has 9 nitrogen and oxygen atoms in total. The zero-order valence-electron chi connectivity index (χ0n) is 28.9. The van der Waals surface area contributed by atoms with Gasteiger partial charge >= 0.3 is 0 Å². The van der Waals surface area contributed by atoms with Gasteiger partial charge in [-0.15, -0.1) is 0 Å². The maximum atomic E-state index is 13.8. The van der Waals surface area contributed by atoms with E-state index in [4.69, 9.17) is 35.3 Å². The van der Waals surface area contributed by atoms with Crippen LogP contribution < -0.4 is 23.7 Å². The smallest absolute Gasteiger partial charge is 0.203 e. The number of benzene rings is 4. The van der Waals surface area contributed by atoms with Crippen LogP contribution in [0.2, 0.25) is 5.02 Å². The van der Waals surface area contributed by atoms with Crippen molar-refractivity contribution in [2.24, 2.45) is 0 Å². The van der Waals surface area contributed by atoms with Crippen LogP contribution in [0.1, 0.15) is 40.0 Å². The Hall–Kier alpha value is -4.28. The normalized spacial score (nSPS) is 18.0. The lowest BCUT2D eigenvalue weighted by Crippen LogP contribution is -2.64. The molecular formula is C39H45ClN2O7. The average Bonchev–Trinajstić information content (AvgIpc) is 3.12. The van der Waals surface area contributed by atoms with Crippen molar-refractivity contribution < 1.29 is 33.6 Å². The van der Waals surface area contributed by atoms with Crippen LogP contribution >= 0.6 is 11.6 Å². The number of ketones is 1. The van der Waals surface area contributed by atoms with E-state index in [0.29, 0.717) is 59.8 Å². The molecule has 3 unspecified atom stereocenters. The van der Waals surface area contributed by atoms with Crippen LogP contribution in [0.15, 0.2) is 84.9 Å². The fourth-order valence-electron chi connectivity index (χ4n) is 6.87. The van der Waals surface area contributed by atoms with E-state index in [1.165, 1.54) is 26.9 Å². The van der Waals surface area contributed by atoms with Crippen molar-refractivity contribution in [1.82, 2.24) is 9.80 Å². The van der Waals surface area contributed by atoms with Crippen LogP contribution in [0.4, 0.5) is 0 Å². The van der Waals surface area contributed by atoms with Crippen LogP contribution in [0, 0.1) is 0 Å². The molecule has 3 atom stereocenters. The van der Waals surface area contributed by atoms with Gasteiger partial charge in [-0.2, -0.15) is 0 Å². The average molecular weight is 689 g/mol. The highest BCUT2D eigenvalue weighted by Crippen LogP contribution is 2.40. The third-order valence-electron chi connectivity index (χ3n) is 9.31. The molecule has 4 aromatic carbocycles. The van der Waals surface area contributed by atoms with E-state index in [-0.39, 0.29) is 18.2 Å². The molecule has 0 aromatic heterocycles. The van der Waals surface area contributed by atoms with Crippen molar-refractivity contribution in [3.05, 3.63) is 112 Å². The summed E-state index contributed by atoms with van der Waals surface area (Å²) in [6, 6.07) is 27.5. The van der Waals surface area contributed by atoms with E-state index in [1.54, 1.807) is 26.4 Å². The zero-order chi connectivity index (χ0) is 35.1. The van der Waals surface area contributed by atoms with Gasteiger partial charge in [-0.3, -0.25) is 14.6 Å². The molecule has 0 amide bonds. The van der Waals surface area contributed by atoms with Gasteiger partial charge in [-0.25, -0.2) is 0 Å². The van der Waals surface area contributed by atoms with Crippen molar-refractivity contribution in [3.8, 4) is 28.7 Å². The molecule has 0 spiro atoms. The van der Waals surface area contributed by atoms with Crippen molar-refractivity contribution in [2.75, 3.05) is 61.7 Å². The summed E-state index contributed by atoms with van der Waals surface area (Å²) in [5, 5.41) is 12.2. The van der Waals surface area contributed by atoms with Gasteiger partial charge in [0.2, 0.25) is 5.75 Å². The summed E-state index contributed by atoms with van der Waals surface area (Å²) < 4.78 is 27.5. The molecule has 0 saturated carbocycles. The number of aliphatic hydroxyl groups is 1. The van der Waals surface area contributed by atoms with E-state index in [0.717, 1.165) is 11.1 Å². The van der Waals surface area contributed by atoms with E-state index in [9.17, 15) is 9.90 Å². The molecule has 1 heterocycles. The van der Waals surface area contributed by atoms with E-state index in [1.807, 2.05) is 36.4 Å². The predicted octanol–water partition coefficient (Wildman–Crippen LogP) is 6.34. The molecule has 260 valence electrons. The summed E-state index contributed by atoms with van der Waals surface area (Å²) in [5.41, 5.74) is 3.11. The fraction of sp³-hybridized carbons (Fsp3) is 0.359. The first-order valence-electron chi connectivity index (χ1n) is 16.2. The van der Waals surface area contributed by atoms with Gasteiger partial charge < -0.3 is 28.8 Å². The number of nitrogens with zero attached hydrogens (tertiary/aromatic N) is 2. The first-order valence-corrected chi connectivity index (χ1v) is 16.5. The predicted molar refractivity (Wildman–Crippen MR) is 191 cm³/mol. The molecule has 1 aliphatic heterocycles. The molecule has 0 radical (unpaired) electrons. The zero-order valence-corrected chi connectivity index (χ0v) is 29.7. The molecule has 1 N–H and O–H groups in total. The second-order valence-corrected chi connectivity index (χ2v) is 12.9. The lowest BCUT2D eigenvalue weighted by Gasteiger charge is -2.52. The number of Topliss-reactive ketones (excluding diaryl/α,β-unsaturated/α-hetero) is 1. The second kappa shape index (κ2) is 16.0. The molecule has 0 aliphatic carbocycles. The number of hydrogen-bond donors (Lipinski definition) is 1. The molecule has 1 aliphatic rings. The minimum atomic E-state index is -1.31. The summed E-state index contributed by atoms with van der Waals surface area (Å²) in [6.07, 6.45) is -0.683. The van der Waals surface area contributed by atoms with Gasteiger partial charge in [0.25, 0.3) is 0 Å². The third-order valence-corrected chi connectivity index (χ3v) is 9.56. The van der Waals surface area contributed by atoms with Crippen LogP contribution in [0.3, 0.4) is 0 Å². The summed E-state index contributed by atoms with van der Waals surface area (Å²) in [6.45, 7) is 4.28. The number of halogens is 1. The molecular weight excluding hydrogens is 644 g/mol. The lowest BCUT2D eigenvalue weighted by atomic mass is 9.85. The number of methoxy groups -OCH3 is 5. The molecule has 49 heavy (non-hydrogen) atoms. The molecule has 5 rings (SSSR count). The Morgan fingerprint density at radius 2 is 1.39 bits per heavy atom. The number of hydrogen-bond acceptors (Lipinski definition) is 9. The second-order valence-electron chi connectivity index (χ2n) is 12.4. The number of β-amino-alcohol motifs (C(OH)–C–C–N with tert-alkyl or cyclic N) is 1. The number of piperazine rings is 1. The first kappa shape index (κ1) is 36.0. The summed E-state index contributed by atoms with van der Waals surface area (Å²) >= 11 is 6.31. The number of carbonyl (C=O) groups is 1. The third kappa shape index (κ3) is 7.97. The van der Waals surface area contributed by atoms with Gasteiger partial charge in [0, 0.05) is 42.3 Å². The van der Waals surface area contributed by atoms with E-state index in [2.05, 4.69) is 53.1 Å². The Labute approximate surface area is 293 Å². The molecule has 0 bridgehead atoms. The summed E-state index contributed by atoms with van der Waals surface area (Å²) in [5.74, 6) is 1.93. The van der Waals surface area contributed by atoms with Gasteiger partial charge in [0.15, 0.2) is 28.8 Å². The lowest BCUT2D eigenvalue weighted by molar-refractivity contribution is -0.0246. The van der Waals surface area contributed by atoms with Crippen LogP contribution in [-0.2, 0) is 6.42 Å². The Balaban J connectivity index is 1.49. The maximum absolute atomic E-state index is 13.8. The minimum absolute atomic E-state index is 0.0314. The Bertz CT molecular complexity index is 1690. The van der Waals surface area contributed by atoms with Crippen molar-refractivity contribution in [3.63, 3.8) is 0 Å². The van der Waals surface area contributed by atoms with Gasteiger partial charge in [-0.05, 0) is 66.4 Å². The van der Waals surface area contributed by atoms with Crippen molar-refractivity contribution in [2.45, 2.75) is 31.0 Å². The highest BCUT2D eigenvalue weighted by atomic mass is 35.5. The maximum Gasteiger partial charge on any atom is 0.203 e. The number of rotatable bonds is 14. The highest BCUT2D eigenvalue weighted by Gasteiger charge is 2.42. The molecule has 1 saturated heterocycles. The fourth-order valence-corrected chi connectivity index (χ4v) is 6.99. The Morgan fingerprint density at radius 3 is 1.98 bits per heavy atom. The largest absolute Gasteiger partial charge is 0.493 e. The van der Waals surface area contributed by atoms with Crippen molar-refractivity contribution >= 4 is 17.4 Å². The van der Waals surface area contributed by atoms with Crippen molar-refractivity contribution in [1.29, 1.82) is 0 Å². The topological polar surface area (TPSA) is 89.9 Å². The summed E-state index contributed by atoms with van der Waals surface area (Å²) in [7, 11) is 7.73. The SMILES string of the molecule is COc1ccc(CC2(C)CN(C(c3ccccc3)c3ccc(Cl)cc3)CCN2CC(O)C(=O)c2cc(OC)c(OC)c(OC)c2)cc1OC. The van der Waals surface area contributed by atoms with Gasteiger partial charge in [-0.1, -0.05) is 60.1 Å². The monoisotopic (exact) mass is 688 g/mol. The quantitative estimate of drug-likeness (QED) is 0.153. The van der Waals surface area contributed by atoms with Gasteiger partial charge in [0.1, 0.15) is 6.10 Å². The number of carbonyl (C=O) groups excluding carboxylic acids is 1.